The highest BCUT2D eigenvalue weighted by Gasteiger charge is 2.32. The molecule has 2 aromatic heterocycles. The van der Waals surface area contributed by atoms with E-state index in [4.69, 9.17) is 4.52 Å². The number of benzene rings is 1. The molecule has 0 radical (unpaired) electrons. The van der Waals surface area contributed by atoms with Crippen LogP contribution in [0.3, 0.4) is 0 Å². The van der Waals surface area contributed by atoms with Gasteiger partial charge in [-0.05, 0) is 47.6 Å². The Hall–Kier alpha value is -2.82. The summed E-state index contributed by atoms with van der Waals surface area (Å²) in [5.74, 6) is 0.662. The fraction of sp³-hybridized carbons (Fsp3) is 0.480. The molecule has 0 bridgehead atoms. The van der Waals surface area contributed by atoms with E-state index in [2.05, 4.69) is 41.2 Å². The summed E-state index contributed by atoms with van der Waals surface area (Å²) in [5, 5.41) is 7.35. The Morgan fingerprint density at radius 2 is 1.83 bits per heavy atom. The second-order valence-electron chi connectivity index (χ2n) is 10.4. The number of hydrogen-bond acceptors (Lipinski definition) is 7. The number of nitrogens with zero attached hydrogens (tertiary/aromatic N) is 3. The highest BCUT2D eigenvalue weighted by molar-refractivity contribution is 7.89. The Morgan fingerprint density at radius 1 is 1.11 bits per heavy atom. The molecular weight excluding hydrogens is 466 g/mol. The lowest BCUT2D eigenvalue weighted by Gasteiger charge is -2.29. The second-order valence-corrected chi connectivity index (χ2v) is 12.3. The molecule has 2 N–H and O–H groups in total. The van der Waals surface area contributed by atoms with E-state index >= 15 is 0 Å². The van der Waals surface area contributed by atoms with Crippen molar-refractivity contribution in [3.05, 3.63) is 63.4 Å². The normalized spacial score (nSPS) is 17.9. The molecule has 0 unspecified atom stereocenters. The smallest absolute Gasteiger partial charge is 0.259 e. The third-order valence-corrected chi connectivity index (χ3v) is 8.84. The van der Waals surface area contributed by atoms with Gasteiger partial charge < -0.3 is 14.8 Å². The first-order chi connectivity index (χ1) is 16.6. The van der Waals surface area contributed by atoms with E-state index in [0.717, 1.165) is 29.8 Å². The largest absolute Gasteiger partial charge is 0.339 e. The summed E-state index contributed by atoms with van der Waals surface area (Å²) in [5.41, 5.74) is 3.20. The van der Waals surface area contributed by atoms with E-state index < -0.39 is 10.0 Å². The Labute approximate surface area is 205 Å². The van der Waals surface area contributed by atoms with E-state index in [9.17, 15) is 13.2 Å². The molecule has 186 valence electrons. The minimum atomic E-state index is -3.57. The lowest BCUT2D eigenvalue weighted by atomic mass is 9.87. The SMILES string of the molecule is CC(C)(C)c1ccc(S(=O)(=O)N2CCC(c3nc(-c4cc5c([nH]c4=O)CCNC5)no3)CC2)cc1. The summed E-state index contributed by atoms with van der Waals surface area (Å²) < 4.78 is 33.4. The molecule has 4 heterocycles. The molecule has 9 nitrogen and oxygen atoms in total. The van der Waals surface area contributed by atoms with Crippen LogP contribution in [0.4, 0.5) is 0 Å². The van der Waals surface area contributed by atoms with Crippen LogP contribution in [0.25, 0.3) is 11.4 Å². The number of piperidine rings is 1. The minimum Gasteiger partial charge on any atom is -0.339 e. The van der Waals surface area contributed by atoms with Gasteiger partial charge in [0.1, 0.15) is 0 Å². The zero-order chi connectivity index (χ0) is 24.8. The highest BCUT2D eigenvalue weighted by Crippen LogP contribution is 2.31. The molecule has 1 saturated heterocycles. The maximum absolute atomic E-state index is 13.2. The van der Waals surface area contributed by atoms with Crippen LogP contribution in [-0.4, -0.2) is 47.5 Å². The number of fused-ring (bicyclic) bond motifs is 1. The molecule has 3 aromatic rings. The standard InChI is InChI=1S/C25H31N5O4S/c1-25(2,3)18-4-6-19(7-5-18)35(32,33)30-12-9-16(10-13-30)24-28-22(29-34-24)20-14-17-15-26-11-8-21(17)27-23(20)31/h4-7,14,16,26H,8-13,15H2,1-3H3,(H,27,31). The van der Waals surface area contributed by atoms with Crippen LogP contribution in [0.5, 0.6) is 0 Å². The van der Waals surface area contributed by atoms with E-state index in [1.165, 1.54) is 4.31 Å². The highest BCUT2D eigenvalue weighted by atomic mass is 32.2. The Bertz CT molecular complexity index is 1380. The van der Waals surface area contributed by atoms with Crippen LogP contribution < -0.4 is 10.9 Å². The molecular formula is C25H31N5O4S. The first-order valence-electron chi connectivity index (χ1n) is 12.0. The Morgan fingerprint density at radius 3 is 2.51 bits per heavy atom. The summed E-state index contributed by atoms with van der Waals surface area (Å²) in [6.07, 6.45) is 1.93. The van der Waals surface area contributed by atoms with Gasteiger partial charge in [0.2, 0.25) is 21.7 Å². The lowest BCUT2D eigenvalue weighted by molar-refractivity contribution is 0.271. The van der Waals surface area contributed by atoms with E-state index in [1.807, 2.05) is 18.2 Å². The van der Waals surface area contributed by atoms with E-state index in [0.29, 0.717) is 48.8 Å². The van der Waals surface area contributed by atoms with Crippen LogP contribution in [0, 0.1) is 0 Å². The topological polar surface area (TPSA) is 121 Å². The van der Waals surface area contributed by atoms with Crippen molar-refractivity contribution >= 4 is 10.0 Å². The molecule has 1 aromatic carbocycles. The first-order valence-corrected chi connectivity index (χ1v) is 13.5. The second kappa shape index (κ2) is 9.00. The van der Waals surface area contributed by atoms with Crippen molar-refractivity contribution in [2.24, 2.45) is 0 Å². The number of hydrogen-bond donors (Lipinski definition) is 2. The van der Waals surface area contributed by atoms with Crippen molar-refractivity contribution < 1.29 is 12.9 Å². The molecule has 2 aliphatic heterocycles. The Balaban J connectivity index is 1.28. The van der Waals surface area contributed by atoms with Crippen LogP contribution >= 0.6 is 0 Å². The molecule has 2 aliphatic rings. The van der Waals surface area contributed by atoms with Gasteiger partial charge in [-0.15, -0.1) is 0 Å². The zero-order valence-electron chi connectivity index (χ0n) is 20.3. The third-order valence-electron chi connectivity index (χ3n) is 6.93. The molecule has 5 rings (SSSR count). The van der Waals surface area contributed by atoms with Gasteiger partial charge in [0.25, 0.3) is 5.56 Å². The summed E-state index contributed by atoms with van der Waals surface area (Å²) in [6, 6.07) is 8.99. The van der Waals surface area contributed by atoms with Crippen molar-refractivity contribution in [1.29, 1.82) is 0 Å². The lowest BCUT2D eigenvalue weighted by Crippen LogP contribution is -2.38. The van der Waals surface area contributed by atoms with Gasteiger partial charge >= 0.3 is 0 Å². The van der Waals surface area contributed by atoms with Gasteiger partial charge in [0.15, 0.2) is 0 Å². The number of H-pyrrole nitrogens is 1. The fourth-order valence-electron chi connectivity index (χ4n) is 4.72. The quantitative estimate of drug-likeness (QED) is 0.568. The monoisotopic (exact) mass is 497 g/mol. The van der Waals surface area contributed by atoms with Crippen molar-refractivity contribution in [1.82, 2.24) is 24.7 Å². The van der Waals surface area contributed by atoms with Crippen LogP contribution in [0.2, 0.25) is 0 Å². The zero-order valence-corrected chi connectivity index (χ0v) is 21.1. The van der Waals surface area contributed by atoms with Gasteiger partial charge in [-0.2, -0.15) is 9.29 Å². The van der Waals surface area contributed by atoms with Crippen molar-refractivity contribution in [3.63, 3.8) is 0 Å². The predicted octanol–water partition coefficient (Wildman–Crippen LogP) is 2.94. The third kappa shape index (κ3) is 4.70. The number of nitrogens with one attached hydrogen (secondary N) is 2. The van der Waals surface area contributed by atoms with E-state index in [1.54, 1.807) is 12.1 Å². The van der Waals surface area contributed by atoms with Crippen LogP contribution in [0.1, 0.15) is 62.2 Å². The maximum Gasteiger partial charge on any atom is 0.259 e. The van der Waals surface area contributed by atoms with Crippen molar-refractivity contribution in [3.8, 4) is 11.4 Å². The Kier molecular flexibility index (Phi) is 6.14. The molecule has 0 amide bonds. The predicted molar refractivity (Wildman–Crippen MR) is 132 cm³/mol. The summed E-state index contributed by atoms with van der Waals surface area (Å²) in [6.45, 7) is 8.57. The summed E-state index contributed by atoms with van der Waals surface area (Å²) in [4.78, 5) is 20.3. The number of sulfonamides is 1. The summed E-state index contributed by atoms with van der Waals surface area (Å²) >= 11 is 0. The molecule has 10 heteroatoms. The maximum atomic E-state index is 13.2. The van der Waals surface area contributed by atoms with E-state index in [-0.39, 0.29) is 22.7 Å². The van der Waals surface area contributed by atoms with Crippen molar-refractivity contribution in [2.75, 3.05) is 19.6 Å². The number of pyridine rings is 1. The van der Waals surface area contributed by atoms with Gasteiger partial charge in [0, 0.05) is 44.2 Å². The molecule has 0 aliphatic carbocycles. The van der Waals surface area contributed by atoms with Crippen LogP contribution in [-0.2, 0) is 28.4 Å². The van der Waals surface area contributed by atoms with Crippen molar-refractivity contribution in [2.45, 2.75) is 62.8 Å². The number of rotatable bonds is 4. The van der Waals surface area contributed by atoms with Gasteiger partial charge in [0.05, 0.1) is 10.5 Å². The fourth-order valence-corrected chi connectivity index (χ4v) is 6.19. The number of aromatic nitrogens is 3. The molecule has 0 spiro atoms. The average molecular weight is 498 g/mol. The van der Waals surface area contributed by atoms with Gasteiger partial charge in [-0.3, -0.25) is 4.79 Å². The molecule has 0 saturated carbocycles. The molecule has 35 heavy (non-hydrogen) atoms. The molecule has 0 atom stereocenters. The van der Waals surface area contributed by atoms with Crippen LogP contribution in [0.15, 0.2) is 44.5 Å². The average Bonchev–Trinajstić information content (AvgIpc) is 3.33. The summed E-state index contributed by atoms with van der Waals surface area (Å²) in [7, 11) is -3.57. The minimum absolute atomic E-state index is 0.0373. The number of aromatic amines is 1. The first kappa shape index (κ1) is 23.9. The van der Waals surface area contributed by atoms with Gasteiger partial charge in [-0.1, -0.05) is 38.1 Å². The van der Waals surface area contributed by atoms with Gasteiger partial charge in [-0.25, -0.2) is 8.42 Å². The molecule has 1 fully saturated rings.